The molecule has 0 aromatic heterocycles. The highest BCUT2D eigenvalue weighted by molar-refractivity contribution is 8.15. The zero-order valence-electron chi connectivity index (χ0n) is 17.5. The Morgan fingerprint density at radius 3 is 2.41 bits per heavy atom. The predicted molar refractivity (Wildman–Crippen MR) is 132 cm³/mol. The lowest BCUT2D eigenvalue weighted by atomic mass is 10.1. The van der Waals surface area contributed by atoms with E-state index < -0.39 is 0 Å². The summed E-state index contributed by atoms with van der Waals surface area (Å²) in [5, 5.41) is 9.67. The average Bonchev–Trinajstić information content (AvgIpc) is 3.11. The summed E-state index contributed by atoms with van der Waals surface area (Å²) >= 11 is 7.44. The summed E-state index contributed by atoms with van der Waals surface area (Å²) in [5.41, 5.74) is 3.00. The van der Waals surface area contributed by atoms with E-state index in [0.717, 1.165) is 22.4 Å². The number of methoxy groups -OCH3 is 1. The number of hydrogen-bond acceptors (Lipinski definition) is 5. The summed E-state index contributed by atoms with van der Waals surface area (Å²) in [4.78, 5) is 14.9. The second-order valence-electron chi connectivity index (χ2n) is 7.25. The van der Waals surface area contributed by atoms with Crippen LogP contribution in [0.4, 0.5) is 0 Å². The number of carbonyl (C=O) groups excluding carboxylic acids is 1. The fourth-order valence-corrected chi connectivity index (χ4v) is 4.56. The highest BCUT2D eigenvalue weighted by Crippen LogP contribution is 2.31. The first-order valence-electron chi connectivity index (χ1n) is 10.1. The number of thioether (sulfide) groups is 1. The number of nitrogens with zero attached hydrogens (tertiary/aromatic N) is 3. The molecule has 1 unspecified atom stereocenters. The summed E-state index contributed by atoms with van der Waals surface area (Å²) in [6.07, 6.45) is 2.28. The Balaban J connectivity index is 1.54. The van der Waals surface area contributed by atoms with Crippen molar-refractivity contribution < 1.29 is 9.53 Å². The number of amides is 1. The summed E-state index contributed by atoms with van der Waals surface area (Å²) in [7, 11) is 1.63. The molecule has 1 amide bonds. The third-order valence-electron chi connectivity index (χ3n) is 5.00. The Morgan fingerprint density at radius 2 is 1.72 bits per heavy atom. The minimum absolute atomic E-state index is 0.0344. The van der Waals surface area contributed by atoms with Crippen molar-refractivity contribution in [3.05, 3.63) is 101 Å². The van der Waals surface area contributed by atoms with Gasteiger partial charge in [0.25, 0.3) is 0 Å². The predicted octanol–water partition coefficient (Wildman–Crippen LogP) is 5.43. The van der Waals surface area contributed by atoms with E-state index in [9.17, 15) is 4.79 Å². The Hall–Kier alpha value is -3.09. The summed E-state index contributed by atoms with van der Waals surface area (Å²) in [6, 6.07) is 25.0. The van der Waals surface area contributed by atoms with Crippen molar-refractivity contribution in [2.45, 2.75) is 18.2 Å². The van der Waals surface area contributed by atoms with Crippen molar-refractivity contribution in [1.82, 2.24) is 4.90 Å². The Labute approximate surface area is 196 Å². The van der Waals surface area contributed by atoms with Crippen molar-refractivity contribution in [2.24, 2.45) is 10.2 Å². The van der Waals surface area contributed by atoms with Crippen molar-refractivity contribution >= 4 is 40.7 Å². The van der Waals surface area contributed by atoms with Crippen LogP contribution >= 0.6 is 23.4 Å². The number of carbonyl (C=O) groups is 1. The van der Waals surface area contributed by atoms with E-state index in [0.29, 0.717) is 23.2 Å². The van der Waals surface area contributed by atoms with E-state index in [-0.39, 0.29) is 11.2 Å². The molecular weight excluding hydrogens is 442 g/mol. The molecule has 1 fully saturated rings. The molecule has 0 radical (unpaired) electrons. The minimum atomic E-state index is -0.255. The zero-order chi connectivity index (χ0) is 22.3. The quantitative estimate of drug-likeness (QED) is 0.347. The van der Waals surface area contributed by atoms with Gasteiger partial charge in [0, 0.05) is 5.02 Å². The van der Waals surface area contributed by atoms with Crippen LogP contribution in [0.25, 0.3) is 0 Å². The highest BCUT2D eigenvalue weighted by Gasteiger charge is 2.38. The third-order valence-corrected chi connectivity index (χ3v) is 6.42. The van der Waals surface area contributed by atoms with Crippen LogP contribution in [-0.2, 0) is 17.8 Å². The highest BCUT2D eigenvalue weighted by atomic mass is 35.5. The van der Waals surface area contributed by atoms with E-state index in [1.54, 1.807) is 18.2 Å². The molecule has 1 aliphatic heterocycles. The average molecular weight is 464 g/mol. The largest absolute Gasteiger partial charge is 0.497 e. The van der Waals surface area contributed by atoms with Gasteiger partial charge in [-0.25, -0.2) is 0 Å². The van der Waals surface area contributed by atoms with Crippen LogP contribution in [0.5, 0.6) is 5.75 Å². The van der Waals surface area contributed by atoms with Gasteiger partial charge in [0.1, 0.15) is 5.75 Å². The Morgan fingerprint density at radius 1 is 1.00 bits per heavy atom. The van der Waals surface area contributed by atoms with Crippen molar-refractivity contribution in [2.75, 3.05) is 7.11 Å². The lowest BCUT2D eigenvalue weighted by molar-refractivity contribution is -0.126. The summed E-state index contributed by atoms with van der Waals surface area (Å²) < 4.78 is 5.18. The molecule has 0 N–H and O–H groups in total. The number of benzene rings is 3. The SMILES string of the molecule is COc1ccc(C=NN=C2SC(Cc3ccc(Cl)cc3)C(=O)N2Cc2ccccc2)cc1. The monoisotopic (exact) mass is 463 g/mol. The Bertz CT molecular complexity index is 1120. The van der Waals surface area contributed by atoms with Crippen molar-refractivity contribution in [3.63, 3.8) is 0 Å². The Kier molecular flexibility index (Phi) is 7.24. The first kappa shape index (κ1) is 22.1. The molecule has 0 spiro atoms. The molecule has 0 bridgehead atoms. The molecule has 1 heterocycles. The van der Waals surface area contributed by atoms with E-state index in [1.165, 1.54) is 11.8 Å². The van der Waals surface area contributed by atoms with Crippen LogP contribution in [0.15, 0.2) is 89.1 Å². The van der Waals surface area contributed by atoms with E-state index in [1.807, 2.05) is 78.9 Å². The number of halogens is 1. The van der Waals surface area contributed by atoms with Crippen LogP contribution < -0.4 is 4.74 Å². The van der Waals surface area contributed by atoms with Crippen LogP contribution in [-0.4, -0.2) is 34.5 Å². The molecule has 162 valence electrons. The number of rotatable bonds is 7. The fourth-order valence-electron chi connectivity index (χ4n) is 3.30. The second-order valence-corrected chi connectivity index (χ2v) is 8.85. The first-order valence-corrected chi connectivity index (χ1v) is 11.4. The van der Waals surface area contributed by atoms with E-state index in [4.69, 9.17) is 16.3 Å². The maximum absolute atomic E-state index is 13.2. The minimum Gasteiger partial charge on any atom is -0.497 e. The van der Waals surface area contributed by atoms with Crippen LogP contribution in [0, 0.1) is 0 Å². The van der Waals surface area contributed by atoms with Crippen molar-refractivity contribution in [1.29, 1.82) is 0 Å². The van der Waals surface area contributed by atoms with Gasteiger partial charge in [-0.1, -0.05) is 65.8 Å². The smallest absolute Gasteiger partial charge is 0.242 e. The molecule has 0 aliphatic carbocycles. The number of ether oxygens (including phenoxy) is 1. The van der Waals surface area contributed by atoms with Gasteiger partial charge in [-0.3, -0.25) is 9.69 Å². The molecule has 0 saturated carbocycles. The normalized spacial score (nSPS) is 17.4. The van der Waals surface area contributed by atoms with Gasteiger partial charge in [-0.05, 0) is 59.5 Å². The number of amidine groups is 1. The van der Waals surface area contributed by atoms with E-state index >= 15 is 0 Å². The zero-order valence-corrected chi connectivity index (χ0v) is 19.1. The van der Waals surface area contributed by atoms with Gasteiger partial charge in [0.15, 0.2) is 5.17 Å². The van der Waals surface area contributed by atoms with E-state index in [2.05, 4.69) is 10.2 Å². The molecule has 1 atom stereocenters. The molecule has 3 aromatic carbocycles. The lowest BCUT2D eigenvalue weighted by Gasteiger charge is -2.16. The fraction of sp³-hybridized carbons (Fsp3) is 0.160. The summed E-state index contributed by atoms with van der Waals surface area (Å²) in [5.74, 6) is 0.816. The number of hydrogen-bond donors (Lipinski definition) is 0. The molecule has 5 nitrogen and oxygen atoms in total. The second kappa shape index (κ2) is 10.5. The molecule has 32 heavy (non-hydrogen) atoms. The van der Waals surface area contributed by atoms with Gasteiger partial charge in [0.2, 0.25) is 5.91 Å². The summed E-state index contributed by atoms with van der Waals surface area (Å²) in [6.45, 7) is 0.459. The maximum Gasteiger partial charge on any atom is 0.242 e. The van der Waals surface area contributed by atoms with Gasteiger partial charge >= 0.3 is 0 Å². The standard InChI is InChI=1S/C25H22ClN3O2S/c1-31-22-13-9-19(10-14-22)16-27-28-25-29(17-20-5-3-2-4-6-20)24(30)23(32-25)15-18-7-11-21(26)12-8-18/h2-14,16,23H,15,17H2,1H3. The van der Waals surface area contributed by atoms with Gasteiger partial charge in [-0.2, -0.15) is 5.10 Å². The molecule has 4 rings (SSSR count). The topological polar surface area (TPSA) is 54.3 Å². The molecule has 1 saturated heterocycles. The van der Waals surface area contributed by atoms with Gasteiger partial charge in [-0.15, -0.1) is 5.10 Å². The molecule has 1 aliphatic rings. The van der Waals surface area contributed by atoms with Gasteiger partial charge in [0.05, 0.1) is 25.1 Å². The molecular formula is C25H22ClN3O2S. The molecule has 3 aromatic rings. The first-order chi connectivity index (χ1) is 15.6. The van der Waals surface area contributed by atoms with Crippen LogP contribution in [0.3, 0.4) is 0 Å². The van der Waals surface area contributed by atoms with Crippen LogP contribution in [0.2, 0.25) is 5.02 Å². The third kappa shape index (κ3) is 5.58. The van der Waals surface area contributed by atoms with Gasteiger partial charge < -0.3 is 4.74 Å². The van der Waals surface area contributed by atoms with Crippen molar-refractivity contribution in [3.8, 4) is 5.75 Å². The maximum atomic E-state index is 13.2. The molecule has 7 heteroatoms. The van der Waals surface area contributed by atoms with Crippen LogP contribution in [0.1, 0.15) is 16.7 Å². The lowest BCUT2D eigenvalue weighted by Crippen LogP contribution is -2.32.